The molecule has 1 aromatic heterocycles. The number of imide groups is 1. The Kier molecular flexibility index (Phi) is 9.59. The molecule has 0 aliphatic carbocycles. The second-order valence-electron chi connectivity index (χ2n) is 9.93. The molecule has 1 fully saturated rings. The molecule has 0 spiro atoms. The van der Waals surface area contributed by atoms with Crippen molar-refractivity contribution in [1.29, 1.82) is 0 Å². The van der Waals surface area contributed by atoms with Crippen LogP contribution < -0.4 is 19.9 Å². The fourth-order valence-corrected chi connectivity index (χ4v) is 5.30. The first kappa shape index (κ1) is 30.5. The fourth-order valence-electron chi connectivity index (χ4n) is 4.65. The molecule has 1 saturated heterocycles. The van der Waals surface area contributed by atoms with Crippen LogP contribution in [0.5, 0.6) is 5.75 Å². The van der Waals surface area contributed by atoms with E-state index in [9.17, 15) is 14.0 Å². The summed E-state index contributed by atoms with van der Waals surface area (Å²) in [5, 5.41) is 8.41. The van der Waals surface area contributed by atoms with Gasteiger partial charge in [-0.25, -0.2) is 9.29 Å². The number of rotatable bonds is 10. The van der Waals surface area contributed by atoms with E-state index in [4.69, 9.17) is 40.2 Å². The Labute approximate surface area is 263 Å². The minimum absolute atomic E-state index is 0.111. The van der Waals surface area contributed by atoms with Crippen molar-refractivity contribution < 1.29 is 18.7 Å². The first-order chi connectivity index (χ1) is 20.7. The molecular formula is C31H28Cl2FN5O3S. The molecule has 222 valence electrons. The van der Waals surface area contributed by atoms with E-state index in [1.165, 1.54) is 12.1 Å². The molecule has 0 saturated carbocycles. The molecule has 0 bridgehead atoms. The molecule has 8 nitrogen and oxygen atoms in total. The molecule has 1 unspecified atom stereocenters. The lowest BCUT2D eigenvalue weighted by Crippen LogP contribution is -2.47. The highest BCUT2D eigenvalue weighted by Gasteiger charge is 2.44. The Morgan fingerprint density at radius 2 is 1.84 bits per heavy atom. The molecule has 1 atom stereocenters. The van der Waals surface area contributed by atoms with Gasteiger partial charge in [-0.3, -0.25) is 14.3 Å². The fraction of sp³-hybridized carbons (Fsp3) is 0.226. The number of benzene rings is 3. The van der Waals surface area contributed by atoms with Crippen molar-refractivity contribution in [2.75, 3.05) is 21.7 Å². The highest BCUT2D eigenvalue weighted by Crippen LogP contribution is 2.31. The van der Waals surface area contributed by atoms with E-state index in [0.717, 1.165) is 23.3 Å². The van der Waals surface area contributed by atoms with E-state index in [0.29, 0.717) is 46.0 Å². The molecule has 1 aliphatic rings. The van der Waals surface area contributed by atoms with E-state index in [-0.39, 0.29) is 23.3 Å². The predicted molar refractivity (Wildman–Crippen MR) is 171 cm³/mol. The number of nitrogens with one attached hydrogen (secondary N) is 1. The van der Waals surface area contributed by atoms with Crippen molar-refractivity contribution in [2.45, 2.75) is 38.8 Å². The summed E-state index contributed by atoms with van der Waals surface area (Å²) in [7, 11) is 0. The molecule has 5 rings (SSSR count). The summed E-state index contributed by atoms with van der Waals surface area (Å²) in [4.78, 5) is 29.9. The van der Waals surface area contributed by atoms with Gasteiger partial charge in [-0.15, -0.1) is 0 Å². The Morgan fingerprint density at radius 1 is 1.09 bits per heavy atom. The van der Waals surface area contributed by atoms with E-state index in [1.807, 2.05) is 0 Å². The summed E-state index contributed by atoms with van der Waals surface area (Å²) in [5.74, 6) is -0.470. The smallest absolute Gasteiger partial charge is 0.257 e. The number of aromatic nitrogens is 2. The number of halogens is 3. The number of thiocarbonyl (C=S) groups is 1. The van der Waals surface area contributed by atoms with Gasteiger partial charge in [0.15, 0.2) is 5.11 Å². The minimum Gasteiger partial charge on any atom is -0.494 e. The number of hydrogen-bond donors (Lipinski definition) is 1. The lowest BCUT2D eigenvalue weighted by molar-refractivity contribution is -0.121. The lowest BCUT2D eigenvalue weighted by atomic mass is 10.2. The van der Waals surface area contributed by atoms with Crippen LogP contribution in [0.2, 0.25) is 10.0 Å². The molecule has 3 aromatic carbocycles. The van der Waals surface area contributed by atoms with Gasteiger partial charge in [0.1, 0.15) is 17.6 Å². The number of carbonyl (C=O) groups excluding carboxylic acids is 2. The van der Waals surface area contributed by atoms with Gasteiger partial charge in [-0.05, 0) is 78.8 Å². The summed E-state index contributed by atoms with van der Waals surface area (Å²) < 4.78 is 20.8. The third-order valence-electron chi connectivity index (χ3n) is 6.84. The van der Waals surface area contributed by atoms with Gasteiger partial charge in [0.2, 0.25) is 5.91 Å². The molecule has 1 aliphatic heterocycles. The zero-order chi connectivity index (χ0) is 30.5. The van der Waals surface area contributed by atoms with Crippen LogP contribution >= 0.6 is 35.4 Å². The van der Waals surface area contributed by atoms with E-state index in [2.05, 4.69) is 17.3 Å². The topological polar surface area (TPSA) is 79.7 Å². The maximum atomic E-state index is 13.9. The average Bonchev–Trinajstić information content (AvgIpc) is 3.56. The van der Waals surface area contributed by atoms with Crippen LogP contribution in [0.25, 0.3) is 0 Å². The van der Waals surface area contributed by atoms with Crippen LogP contribution in [0.3, 0.4) is 0 Å². The Balaban J connectivity index is 1.42. The number of hydrogen-bond acceptors (Lipinski definition) is 5. The van der Waals surface area contributed by atoms with Crippen molar-refractivity contribution in [2.24, 2.45) is 0 Å². The van der Waals surface area contributed by atoms with E-state index >= 15 is 0 Å². The van der Waals surface area contributed by atoms with Crippen LogP contribution in [0.15, 0.2) is 79.1 Å². The van der Waals surface area contributed by atoms with Crippen molar-refractivity contribution in [3.8, 4) is 5.75 Å². The molecule has 43 heavy (non-hydrogen) atoms. The van der Waals surface area contributed by atoms with E-state index in [1.54, 1.807) is 76.6 Å². The van der Waals surface area contributed by atoms with Gasteiger partial charge in [0.05, 0.1) is 47.2 Å². The van der Waals surface area contributed by atoms with Gasteiger partial charge in [0.25, 0.3) is 5.91 Å². The van der Waals surface area contributed by atoms with Gasteiger partial charge >= 0.3 is 0 Å². The second-order valence-corrected chi connectivity index (χ2v) is 11.1. The number of ether oxygens (including phenoxy) is 1. The zero-order valence-corrected chi connectivity index (χ0v) is 25.5. The maximum absolute atomic E-state index is 13.9. The van der Waals surface area contributed by atoms with Gasteiger partial charge in [0, 0.05) is 11.9 Å². The number of amides is 2. The Bertz CT molecular complexity index is 1630. The van der Waals surface area contributed by atoms with Gasteiger partial charge in [-0.2, -0.15) is 5.10 Å². The first-order valence-electron chi connectivity index (χ1n) is 13.7. The minimum atomic E-state index is -0.945. The molecular weight excluding hydrogens is 612 g/mol. The van der Waals surface area contributed by atoms with Crippen LogP contribution in [-0.2, 0) is 16.1 Å². The number of nitrogens with zero attached hydrogens (tertiary/aromatic N) is 4. The average molecular weight is 641 g/mol. The largest absolute Gasteiger partial charge is 0.494 e. The standard InChI is InChI=1S/C31H28Cl2FN5O3S/c1-2-3-14-42-25-11-9-23(10-12-25)39-29(40)16-28(30(39)41)38(31(43)36-22-8-13-26(32)27(33)15-22)24-17-35-37(19-24)18-20-4-6-21(34)7-5-20/h4-13,15,17,19,28H,2-3,14,16,18H2,1H3,(H,36,43). The van der Waals surface area contributed by atoms with Gasteiger partial charge < -0.3 is 15.0 Å². The number of carbonyl (C=O) groups is 2. The maximum Gasteiger partial charge on any atom is 0.257 e. The summed E-state index contributed by atoms with van der Waals surface area (Å²) >= 11 is 18.1. The highest BCUT2D eigenvalue weighted by atomic mass is 35.5. The van der Waals surface area contributed by atoms with Crippen molar-refractivity contribution >= 4 is 69.4 Å². The third-order valence-corrected chi connectivity index (χ3v) is 7.88. The van der Waals surface area contributed by atoms with Crippen LogP contribution in [0.4, 0.5) is 21.5 Å². The lowest BCUT2D eigenvalue weighted by Gasteiger charge is -2.29. The summed E-state index contributed by atoms with van der Waals surface area (Å²) in [6.07, 6.45) is 5.11. The second kappa shape index (κ2) is 13.5. The van der Waals surface area contributed by atoms with Crippen LogP contribution in [-0.4, -0.2) is 39.4 Å². The van der Waals surface area contributed by atoms with Crippen LogP contribution in [0, 0.1) is 5.82 Å². The zero-order valence-electron chi connectivity index (χ0n) is 23.2. The summed E-state index contributed by atoms with van der Waals surface area (Å²) in [6.45, 7) is 3.03. The molecule has 1 N–H and O–H groups in total. The van der Waals surface area contributed by atoms with E-state index < -0.39 is 11.9 Å². The molecule has 0 radical (unpaired) electrons. The first-order valence-corrected chi connectivity index (χ1v) is 14.8. The SMILES string of the molecule is CCCCOc1ccc(N2C(=O)CC(N(C(=S)Nc3ccc(Cl)c(Cl)c3)c3cnn(Cc4ccc(F)cc4)c3)C2=O)cc1. The molecule has 4 aromatic rings. The summed E-state index contributed by atoms with van der Waals surface area (Å²) in [5.41, 5.74) is 2.32. The highest BCUT2D eigenvalue weighted by molar-refractivity contribution is 7.80. The normalized spacial score (nSPS) is 14.7. The summed E-state index contributed by atoms with van der Waals surface area (Å²) in [6, 6.07) is 17.0. The number of unbranched alkanes of at least 4 members (excludes halogenated alkanes) is 1. The predicted octanol–water partition coefficient (Wildman–Crippen LogP) is 7.09. The van der Waals surface area contributed by atoms with Gasteiger partial charge in [-0.1, -0.05) is 48.7 Å². The molecule has 12 heteroatoms. The van der Waals surface area contributed by atoms with Crippen LogP contribution in [0.1, 0.15) is 31.7 Å². The monoisotopic (exact) mass is 639 g/mol. The molecule has 2 heterocycles. The molecule has 2 amide bonds. The van der Waals surface area contributed by atoms with Crippen molar-refractivity contribution in [3.05, 3.63) is 101 Å². The van der Waals surface area contributed by atoms with Crippen molar-refractivity contribution in [1.82, 2.24) is 9.78 Å². The Morgan fingerprint density at radius 3 is 2.53 bits per heavy atom. The quantitative estimate of drug-likeness (QED) is 0.113. The van der Waals surface area contributed by atoms with Crippen molar-refractivity contribution in [3.63, 3.8) is 0 Å². The third kappa shape index (κ3) is 7.15. The number of anilines is 3. The Hall–Kier alpha value is -3.99.